The number of nitrogens with zero attached hydrogens (tertiary/aromatic N) is 3. The lowest BCUT2D eigenvalue weighted by atomic mass is 9.97. The Kier molecular flexibility index (Phi) is 9.49. The van der Waals surface area contributed by atoms with Crippen LogP contribution in [0.2, 0.25) is 0 Å². The molecule has 0 spiro atoms. The lowest BCUT2D eigenvalue weighted by Crippen LogP contribution is -2.53. The predicted molar refractivity (Wildman–Crippen MR) is 124 cm³/mol. The van der Waals surface area contributed by atoms with Gasteiger partial charge in [-0.05, 0) is 37.9 Å². The molecule has 1 aromatic rings. The maximum Gasteiger partial charge on any atom is 0.292 e. The summed E-state index contributed by atoms with van der Waals surface area (Å²) < 4.78 is 0. The summed E-state index contributed by atoms with van der Waals surface area (Å²) in [6.07, 6.45) is 2.71. The largest absolute Gasteiger partial charge is 0.395 e. The van der Waals surface area contributed by atoms with Crippen LogP contribution in [0.3, 0.4) is 0 Å². The molecule has 0 amide bonds. The summed E-state index contributed by atoms with van der Waals surface area (Å²) in [4.78, 5) is 15.4. The first-order valence-corrected chi connectivity index (χ1v) is 11.7. The van der Waals surface area contributed by atoms with E-state index >= 15 is 0 Å². The highest BCUT2D eigenvalue weighted by Gasteiger charge is 2.32. The summed E-state index contributed by atoms with van der Waals surface area (Å²) in [5.41, 5.74) is 1.68. The fourth-order valence-electron chi connectivity index (χ4n) is 4.52. The van der Waals surface area contributed by atoms with Crippen LogP contribution >= 0.6 is 0 Å². The minimum atomic E-state index is -0.761. The van der Waals surface area contributed by atoms with Crippen LogP contribution < -0.4 is 15.5 Å². The molecule has 2 aliphatic rings. The lowest BCUT2D eigenvalue weighted by Gasteiger charge is -2.39. The predicted octanol–water partition coefficient (Wildman–Crippen LogP) is 0.765. The van der Waals surface area contributed by atoms with Crippen LogP contribution in [0, 0.1) is 10.1 Å². The van der Waals surface area contributed by atoms with Crippen LogP contribution in [0.5, 0.6) is 0 Å². The van der Waals surface area contributed by atoms with Gasteiger partial charge in [0.25, 0.3) is 5.69 Å². The van der Waals surface area contributed by atoms with Crippen LogP contribution in [0.25, 0.3) is 0 Å². The van der Waals surface area contributed by atoms with E-state index in [2.05, 4.69) is 20.4 Å². The molecule has 2 heterocycles. The number of aliphatic hydroxyl groups excluding tert-OH is 3. The number of unbranched alkanes of at least 4 members (excludes halogenated alkanes) is 3. The van der Waals surface area contributed by atoms with Crippen LogP contribution in [0.1, 0.15) is 32.1 Å². The van der Waals surface area contributed by atoms with Crippen molar-refractivity contribution in [2.45, 2.75) is 50.4 Å². The quantitative estimate of drug-likeness (QED) is 0.188. The maximum absolute atomic E-state index is 11.4. The molecular formula is C22H37N5O5. The molecule has 0 saturated carbocycles. The van der Waals surface area contributed by atoms with E-state index in [1.807, 2.05) is 12.1 Å². The molecule has 1 aromatic carbocycles. The van der Waals surface area contributed by atoms with Gasteiger partial charge >= 0.3 is 0 Å². The normalized spacial score (nSPS) is 24.5. The first-order chi connectivity index (χ1) is 15.5. The second kappa shape index (κ2) is 12.3. The highest BCUT2D eigenvalue weighted by atomic mass is 16.6. The average molecular weight is 452 g/mol. The number of piperidine rings is 1. The number of benzene rings is 1. The highest BCUT2D eigenvalue weighted by Crippen LogP contribution is 2.30. The summed E-state index contributed by atoms with van der Waals surface area (Å²) >= 11 is 0. The van der Waals surface area contributed by atoms with E-state index in [1.54, 1.807) is 6.07 Å². The summed E-state index contributed by atoms with van der Waals surface area (Å²) in [7, 11) is 0. The third-order valence-corrected chi connectivity index (χ3v) is 6.45. The second-order valence-electron chi connectivity index (χ2n) is 8.74. The van der Waals surface area contributed by atoms with Gasteiger partial charge in [0.1, 0.15) is 5.69 Å². The lowest BCUT2D eigenvalue weighted by molar-refractivity contribution is -0.383. The fourth-order valence-corrected chi connectivity index (χ4v) is 4.52. The number of likely N-dealkylation sites (tertiary alicyclic amines) is 1. The van der Waals surface area contributed by atoms with Crippen molar-refractivity contribution >= 4 is 17.1 Å². The first-order valence-electron chi connectivity index (χ1n) is 11.7. The van der Waals surface area contributed by atoms with Gasteiger partial charge in [-0.2, -0.15) is 0 Å². The number of rotatable bonds is 11. The molecule has 2 saturated heterocycles. The number of nitro benzene ring substituents is 1. The Morgan fingerprint density at radius 1 is 1.12 bits per heavy atom. The van der Waals surface area contributed by atoms with Crippen molar-refractivity contribution in [3.8, 4) is 0 Å². The number of hydrogen-bond donors (Lipinski definition) is 5. The Morgan fingerprint density at radius 3 is 2.59 bits per heavy atom. The van der Waals surface area contributed by atoms with E-state index in [0.29, 0.717) is 25.2 Å². The van der Waals surface area contributed by atoms with Crippen molar-refractivity contribution in [3.63, 3.8) is 0 Å². The number of nitro groups is 1. The van der Waals surface area contributed by atoms with Crippen molar-refractivity contribution in [2.75, 3.05) is 62.6 Å². The number of aliphatic hydroxyl groups is 3. The van der Waals surface area contributed by atoms with Crippen LogP contribution in [0.4, 0.5) is 17.1 Å². The molecule has 3 atom stereocenters. The Balaban J connectivity index is 1.40. The minimum absolute atomic E-state index is 0.0144. The van der Waals surface area contributed by atoms with E-state index in [-0.39, 0.29) is 23.3 Å². The van der Waals surface area contributed by atoms with Crippen LogP contribution in [-0.2, 0) is 0 Å². The van der Waals surface area contributed by atoms with Crippen molar-refractivity contribution in [1.82, 2.24) is 10.2 Å². The molecule has 180 valence electrons. The summed E-state index contributed by atoms with van der Waals surface area (Å²) in [6, 6.07) is 5.19. The van der Waals surface area contributed by atoms with Crippen molar-refractivity contribution in [1.29, 1.82) is 0 Å². The number of nitrogens with one attached hydrogen (secondary N) is 2. The van der Waals surface area contributed by atoms with Crippen LogP contribution in [-0.4, -0.2) is 95.8 Å². The van der Waals surface area contributed by atoms with Gasteiger partial charge in [-0.3, -0.25) is 15.0 Å². The van der Waals surface area contributed by atoms with Crippen molar-refractivity contribution in [3.05, 3.63) is 28.3 Å². The Hall–Kier alpha value is -1.98. The average Bonchev–Trinajstić information content (AvgIpc) is 2.80. The third kappa shape index (κ3) is 6.76. The monoisotopic (exact) mass is 451 g/mol. The van der Waals surface area contributed by atoms with E-state index in [9.17, 15) is 25.4 Å². The molecule has 10 heteroatoms. The second-order valence-corrected chi connectivity index (χ2v) is 8.74. The van der Waals surface area contributed by atoms with Gasteiger partial charge in [0.2, 0.25) is 0 Å². The third-order valence-electron chi connectivity index (χ3n) is 6.45. The molecule has 0 aromatic heterocycles. The topological polar surface area (TPSA) is 134 Å². The van der Waals surface area contributed by atoms with Gasteiger partial charge in [0.05, 0.1) is 23.7 Å². The Bertz CT molecular complexity index is 731. The zero-order valence-electron chi connectivity index (χ0n) is 18.7. The van der Waals surface area contributed by atoms with Gasteiger partial charge in [0, 0.05) is 57.1 Å². The maximum atomic E-state index is 11.4. The van der Waals surface area contributed by atoms with E-state index in [1.165, 1.54) is 0 Å². The van der Waals surface area contributed by atoms with Gasteiger partial charge in [0.15, 0.2) is 0 Å². The molecule has 0 radical (unpaired) electrons. The number of anilines is 2. The standard InChI is InChI=1S/C22H37N5O5/c28-16-18-14-21(29)22(30)15-26(18)10-4-2-1-3-7-24-19-13-17(5-6-20(19)27(31)32)25-11-8-23-9-12-25/h5-6,13,18,21-24,28-30H,1-4,7-12,14-16H2/t18-,21-,22-/m0/s1. The molecular weight excluding hydrogens is 414 g/mol. The zero-order chi connectivity index (χ0) is 22.9. The van der Waals surface area contributed by atoms with Gasteiger partial charge < -0.3 is 30.9 Å². The molecule has 3 rings (SSSR count). The van der Waals surface area contributed by atoms with E-state index in [4.69, 9.17) is 0 Å². The number of β-amino-alcohol motifs (C(OH)–C–C–N with tert-alkyl or cyclic N) is 1. The van der Waals surface area contributed by atoms with Gasteiger partial charge in [-0.1, -0.05) is 12.8 Å². The molecule has 10 nitrogen and oxygen atoms in total. The molecule has 0 bridgehead atoms. The summed E-state index contributed by atoms with van der Waals surface area (Å²) in [5, 5.41) is 47.1. The fraction of sp³-hybridized carbons (Fsp3) is 0.727. The molecule has 0 aliphatic carbocycles. The van der Waals surface area contributed by atoms with Crippen molar-refractivity contribution < 1.29 is 20.2 Å². The smallest absolute Gasteiger partial charge is 0.292 e. The number of hydrogen-bond acceptors (Lipinski definition) is 9. The summed E-state index contributed by atoms with van der Waals surface area (Å²) in [6.45, 7) is 5.43. The van der Waals surface area contributed by atoms with E-state index < -0.39 is 12.2 Å². The van der Waals surface area contributed by atoms with Gasteiger partial charge in [-0.25, -0.2) is 0 Å². The Labute approximate surface area is 189 Å². The highest BCUT2D eigenvalue weighted by molar-refractivity contribution is 5.69. The summed E-state index contributed by atoms with van der Waals surface area (Å²) in [5.74, 6) is 0. The molecule has 5 N–H and O–H groups in total. The Morgan fingerprint density at radius 2 is 1.88 bits per heavy atom. The van der Waals surface area contributed by atoms with E-state index in [0.717, 1.165) is 64.1 Å². The minimum Gasteiger partial charge on any atom is -0.395 e. The van der Waals surface area contributed by atoms with Crippen molar-refractivity contribution in [2.24, 2.45) is 0 Å². The molecule has 0 unspecified atom stereocenters. The molecule has 2 fully saturated rings. The van der Waals surface area contributed by atoms with Crippen LogP contribution in [0.15, 0.2) is 18.2 Å². The SMILES string of the molecule is O=[N+]([O-])c1ccc(N2CCNCC2)cc1NCCCCCCN1C[C@H](O)[C@@H](O)C[C@H]1CO. The van der Waals surface area contributed by atoms with Gasteiger partial charge in [-0.15, -0.1) is 0 Å². The zero-order valence-corrected chi connectivity index (χ0v) is 18.7. The first kappa shape index (κ1) is 24.7. The molecule has 2 aliphatic heterocycles. The molecule has 32 heavy (non-hydrogen) atoms. The number of piperazine rings is 1.